The summed E-state index contributed by atoms with van der Waals surface area (Å²) in [7, 11) is 0. The molecule has 0 aliphatic heterocycles. The van der Waals surface area contributed by atoms with Gasteiger partial charge >= 0.3 is 6.09 Å². The van der Waals surface area contributed by atoms with Crippen molar-refractivity contribution in [3.05, 3.63) is 17.3 Å². The predicted molar refractivity (Wildman–Crippen MR) is 92.7 cm³/mol. The lowest BCUT2D eigenvalue weighted by Crippen LogP contribution is -2.42. The lowest BCUT2D eigenvalue weighted by atomic mass is 9.91. The van der Waals surface area contributed by atoms with Gasteiger partial charge in [0.05, 0.1) is 10.7 Å². The van der Waals surface area contributed by atoms with E-state index in [1.807, 2.05) is 20.8 Å². The molecule has 0 bridgehead atoms. The van der Waals surface area contributed by atoms with Crippen LogP contribution in [0.1, 0.15) is 46.5 Å². The molecule has 4 N–H and O–H groups in total. The largest absolute Gasteiger partial charge is 0.444 e. The van der Waals surface area contributed by atoms with Crippen molar-refractivity contribution >= 4 is 29.2 Å². The molecule has 0 saturated heterocycles. The highest BCUT2D eigenvalue weighted by Crippen LogP contribution is 2.25. The van der Waals surface area contributed by atoms with Crippen LogP contribution in [0.4, 0.5) is 16.3 Å². The van der Waals surface area contributed by atoms with Crippen molar-refractivity contribution < 1.29 is 9.53 Å². The Hall–Kier alpha value is -1.69. The van der Waals surface area contributed by atoms with Gasteiger partial charge in [-0.2, -0.15) is 0 Å². The molecule has 1 aromatic rings. The molecular formula is C16H25ClN4O2. The van der Waals surface area contributed by atoms with Gasteiger partial charge in [-0.25, -0.2) is 9.78 Å². The third-order valence-electron chi connectivity index (χ3n) is 3.67. The van der Waals surface area contributed by atoms with Gasteiger partial charge in [-0.05, 0) is 52.5 Å². The number of carbonyl (C=O) groups excluding carboxylic acids is 1. The summed E-state index contributed by atoms with van der Waals surface area (Å²) in [5.41, 5.74) is 5.98. The van der Waals surface area contributed by atoms with Crippen LogP contribution in [0.2, 0.25) is 5.02 Å². The van der Waals surface area contributed by atoms with E-state index in [4.69, 9.17) is 22.1 Å². The Bertz CT molecular complexity index is 552. The average Bonchev–Trinajstić information content (AvgIpc) is 2.42. The lowest BCUT2D eigenvalue weighted by Gasteiger charge is -2.31. The van der Waals surface area contributed by atoms with Crippen LogP contribution in [0.15, 0.2) is 12.3 Å². The van der Waals surface area contributed by atoms with E-state index in [0.717, 1.165) is 25.7 Å². The van der Waals surface area contributed by atoms with Crippen molar-refractivity contribution in [2.75, 3.05) is 11.1 Å². The minimum Gasteiger partial charge on any atom is -0.444 e. The maximum absolute atomic E-state index is 11.8. The normalized spacial score (nSPS) is 21.6. The number of hydrogen-bond acceptors (Lipinski definition) is 5. The molecule has 128 valence electrons. The third-order valence-corrected chi connectivity index (χ3v) is 3.88. The number of aromatic nitrogens is 1. The summed E-state index contributed by atoms with van der Waals surface area (Å²) in [6, 6.07) is 2.13. The molecule has 1 amide bonds. The standard InChI is InChI=1S/C16H25ClN4O2/c1-16(2,3)23-15(22)21-12-6-4-11(5-7-12)20-14-13(18)8-10(17)9-19-14/h8-9,11-12H,4-7,18H2,1-3H3,(H,19,20)(H,21,22). The third kappa shape index (κ3) is 5.78. The van der Waals surface area contributed by atoms with Gasteiger partial charge in [0.1, 0.15) is 11.4 Å². The Morgan fingerprint density at radius 2 is 1.91 bits per heavy atom. The number of amides is 1. The fourth-order valence-electron chi connectivity index (χ4n) is 2.63. The average molecular weight is 341 g/mol. The summed E-state index contributed by atoms with van der Waals surface area (Å²) >= 11 is 5.85. The predicted octanol–water partition coefficient (Wildman–Crippen LogP) is 3.57. The molecule has 1 saturated carbocycles. The molecule has 6 nitrogen and oxygen atoms in total. The minimum absolute atomic E-state index is 0.151. The lowest BCUT2D eigenvalue weighted by molar-refractivity contribution is 0.0492. The summed E-state index contributed by atoms with van der Waals surface area (Å²) in [6.45, 7) is 5.57. The van der Waals surface area contributed by atoms with Crippen LogP contribution in [-0.2, 0) is 4.74 Å². The van der Waals surface area contributed by atoms with Gasteiger partial charge in [0, 0.05) is 18.3 Å². The zero-order chi connectivity index (χ0) is 17.0. The highest BCUT2D eigenvalue weighted by Gasteiger charge is 2.25. The number of hydrogen-bond donors (Lipinski definition) is 3. The van der Waals surface area contributed by atoms with Crippen molar-refractivity contribution in [2.45, 2.75) is 64.1 Å². The Kier molecular flexibility index (Phi) is 5.57. The number of alkyl carbamates (subject to hydrolysis) is 1. The zero-order valence-electron chi connectivity index (χ0n) is 13.9. The molecule has 0 radical (unpaired) electrons. The molecule has 1 fully saturated rings. The molecule has 23 heavy (non-hydrogen) atoms. The molecule has 0 atom stereocenters. The van der Waals surface area contributed by atoms with Gasteiger partial charge in [-0.15, -0.1) is 0 Å². The Balaban J connectivity index is 1.79. The highest BCUT2D eigenvalue weighted by molar-refractivity contribution is 6.30. The first-order valence-electron chi connectivity index (χ1n) is 7.90. The summed E-state index contributed by atoms with van der Waals surface area (Å²) < 4.78 is 5.29. The number of pyridine rings is 1. The molecule has 0 aromatic carbocycles. The van der Waals surface area contributed by atoms with Crippen molar-refractivity contribution in [1.82, 2.24) is 10.3 Å². The molecule has 2 rings (SSSR count). The number of rotatable bonds is 3. The van der Waals surface area contributed by atoms with E-state index in [0.29, 0.717) is 22.6 Å². The maximum atomic E-state index is 11.8. The van der Waals surface area contributed by atoms with E-state index in [2.05, 4.69) is 15.6 Å². The van der Waals surface area contributed by atoms with Gasteiger partial charge in [0.15, 0.2) is 0 Å². The maximum Gasteiger partial charge on any atom is 0.407 e. The SMILES string of the molecule is CC(C)(C)OC(=O)NC1CCC(Nc2ncc(Cl)cc2N)CC1. The van der Waals surface area contributed by atoms with Crippen LogP contribution in [0.3, 0.4) is 0 Å². The summed E-state index contributed by atoms with van der Waals surface area (Å²) in [5.74, 6) is 0.665. The van der Waals surface area contributed by atoms with Gasteiger partial charge in [-0.3, -0.25) is 0 Å². The van der Waals surface area contributed by atoms with Crippen LogP contribution < -0.4 is 16.4 Å². The van der Waals surface area contributed by atoms with Crippen molar-refractivity contribution in [2.24, 2.45) is 0 Å². The number of ether oxygens (including phenoxy) is 1. The molecule has 1 aliphatic carbocycles. The second-order valence-corrected chi connectivity index (χ2v) is 7.37. The molecular weight excluding hydrogens is 316 g/mol. The van der Waals surface area contributed by atoms with Crippen molar-refractivity contribution in [1.29, 1.82) is 0 Å². The zero-order valence-corrected chi connectivity index (χ0v) is 14.6. The minimum atomic E-state index is -0.472. The van der Waals surface area contributed by atoms with E-state index < -0.39 is 5.60 Å². The molecule has 7 heteroatoms. The number of nitrogen functional groups attached to an aromatic ring is 1. The summed E-state index contributed by atoms with van der Waals surface area (Å²) in [4.78, 5) is 16.0. The highest BCUT2D eigenvalue weighted by atomic mass is 35.5. The molecule has 1 aromatic heterocycles. The quantitative estimate of drug-likeness (QED) is 0.782. The van der Waals surface area contributed by atoms with E-state index in [1.165, 1.54) is 0 Å². The number of carbonyl (C=O) groups is 1. The van der Waals surface area contributed by atoms with E-state index >= 15 is 0 Å². The second kappa shape index (κ2) is 7.25. The number of nitrogens with zero attached hydrogens (tertiary/aromatic N) is 1. The monoisotopic (exact) mass is 340 g/mol. The Morgan fingerprint density at radius 3 is 2.48 bits per heavy atom. The van der Waals surface area contributed by atoms with Crippen LogP contribution >= 0.6 is 11.6 Å². The number of nitrogens with two attached hydrogens (primary N) is 1. The molecule has 1 heterocycles. The smallest absolute Gasteiger partial charge is 0.407 e. The molecule has 0 spiro atoms. The van der Waals surface area contributed by atoms with Gasteiger partial charge < -0.3 is 21.1 Å². The van der Waals surface area contributed by atoms with Crippen LogP contribution in [0.5, 0.6) is 0 Å². The fourth-order valence-corrected chi connectivity index (χ4v) is 2.79. The Morgan fingerprint density at radius 1 is 1.30 bits per heavy atom. The number of nitrogens with one attached hydrogen (secondary N) is 2. The van der Waals surface area contributed by atoms with Gasteiger partial charge in [0.25, 0.3) is 0 Å². The van der Waals surface area contributed by atoms with Crippen LogP contribution in [0, 0.1) is 0 Å². The van der Waals surface area contributed by atoms with Gasteiger partial charge in [-0.1, -0.05) is 11.6 Å². The molecule has 0 unspecified atom stereocenters. The Labute approximate surface area is 142 Å². The van der Waals surface area contributed by atoms with Crippen LogP contribution in [-0.4, -0.2) is 28.8 Å². The second-order valence-electron chi connectivity index (χ2n) is 6.93. The summed E-state index contributed by atoms with van der Waals surface area (Å²) in [6.07, 6.45) is 4.89. The van der Waals surface area contributed by atoms with Gasteiger partial charge in [0.2, 0.25) is 0 Å². The van der Waals surface area contributed by atoms with Crippen molar-refractivity contribution in [3.63, 3.8) is 0 Å². The topological polar surface area (TPSA) is 89.3 Å². The van der Waals surface area contributed by atoms with E-state index in [1.54, 1.807) is 12.3 Å². The first-order valence-corrected chi connectivity index (χ1v) is 8.28. The molecule has 1 aliphatic rings. The fraction of sp³-hybridized carbons (Fsp3) is 0.625. The first-order chi connectivity index (χ1) is 10.7. The summed E-state index contributed by atoms with van der Waals surface area (Å²) in [5, 5.41) is 6.81. The van der Waals surface area contributed by atoms with Crippen molar-refractivity contribution in [3.8, 4) is 0 Å². The number of halogens is 1. The van der Waals surface area contributed by atoms with Crippen LogP contribution in [0.25, 0.3) is 0 Å². The van der Waals surface area contributed by atoms with E-state index in [-0.39, 0.29) is 12.1 Å². The first kappa shape index (κ1) is 17.7. The number of anilines is 2. The van der Waals surface area contributed by atoms with E-state index in [9.17, 15) is 4.79 Å².